The second kappa shape index (κ2) is 15.5. The molecule has 0 N–H and O–H groups in total. The molecule has 288 valence electrons. The molecule has 1 saturated carbocycles. The molecule has 0 bridgehead atoms. The van der Waals surface area contributed by atoms with Gasteiger partial charge in [0.1, 0.15) is 0 Å². The summed E-state index contributed by atoms with van der Waals surface area (Å²) < 4.78 is 2.39. The molecule has 9 aromatic carbocycles. The summed E-state index contributed by atoms with van der Waals surface area (Å²) in [5, 5.41) is 5.19. The fraction of sp³-hybridized carbons (Fsp3) is 0.103. The van der Waals surface area contributed by atoms with Crippen molar-refractivity contribution in [2.24, 2.45) is 0 Å². The summed E-state index contributed by atoms with van der Waals surface area (Å²) in [7, 11) is 0. The second-order valence-corrected chi connectivity index (χ2v) is 16.3. The number of fused-ring (bicyclic) bond motifs is 4. The van der Waals surface area contributed by atoms with E-state index in [1.54, 1.807) is 0 Å². The lowest BCUT2D eigenvalue weighted by Gasteiger charge is -2.32. The van der Waals surface area contributed by atoms with Crippen LogP contribution >= 0.6 is 0 Å². The van der Waals surface area contributed by atoms with Crippen molar-refractivity contribution in [2.45, 2.75) is 38.0 Å². The lowest BCUT2D eigenvalue weighted by atomic mass is 9.80. The fourth-order valence-corrected chi connectivity index (χ4v) is 10.1. The van der Waals surface area contributed by atoms with Gasteiger partial charge in [0.2, 0.25) is 0 Å². The van der Waals surface area contributed by atoms with Gasteiger partial charge in [-0.25, -0.2) is 0 Å². The van der Waals surface area contributed by atoms with Crippen molar-refractivity contribution in [3.63, 3.8) is 0 Å². The van der Waals surface area contributed by atoms with E-state index < -0.39 is 0 Å². The Hall–Kier alpha value is -7.16. The monoisotopic (exact) mass is 770 g/mol. The minimum atomic E-state index is 0.578. The Labute approximate surface area is 352 Å². The van der Waals surface area contributed by atoms with Crippen molar-refractivity contribution in [3.8, 4) is 39.1 Å². The Balaban J connectivity index is 1.16. The van der Waals surface area contributed by atoms with Crippen molar-refractivity contribution in [1.29, 1.82) is 0 Å². The molecule has 1 aromatic heterocycles. The van der Waals surface area contributed by atoms with E-state index in [2.05, 4.69) is 222 Å². The van der Waals surface area contributed by atoms with Crippen molar-refractivity contribution < 1.29 is 0 Å². The maximum Gasteiger partial charge on any atom is 0.0541 e. The first kappa shape index (κ1) is 36.0. The van der Waals surface area contributed by atoms with Crippen molar-refractivity contribution >= 4 is 49.6 Å². The molecule has 0 unspecified atom stereocenters. The normalized spacial score (nSPS) is 13.3. The summed E-state index contributed by atoms with van der Waals surface area (Å²) in [6.45, 7) is 0. The first-order valence-corrected chi connectivity index (χ1v) is 21.6. The number of hydrogen-bond acceptors (Lipinski definition) is 1. The summed E-state index contributed by atoms with van der Waals surface area (Å²) >= 11 is 0. The summed E-state index contributed by atoms with van der Waals surface area (Å²) in [6.07, 6.45) is 6.47. The van der Waals surface area contributed by atoms with Gasteiger partial charge in [-0.05, 0) is 100 Å². The molecule has 10 aromatic rings. The van der Waals surface area contributed by atoms with Gasteiger partial charge in [-0.15, -0.1) is 0 Å². The van der Waals surface area contributed by atoms with Crippen LogP contribution in [-0.4, -0.2) is 4.57 Å². The largest absolute Gasteiger partial charge is 0.309 e. The average Bonchev–Trinajstić information content (AvgIpc) is 3.66. The molecule has 1 aliphatic rings. The van der Waals surface area contributed by atoms with Crippen LogP contribution in [0.3, 0.4) is 0 Å². The first-order chi connectivity index (χ1) is 29.8. The maximum absolute atomic E-state index is 2.53. The number of para-hydroxylation sites is 5. The van der Waals surface area contributed by atoms with Gasteiger partial charge in [0.05, 0.1) is 28.1 Å². The molecule has 1 aliphatic carbocycles. The van der Waals surface area contributed by atoms with E-state index in [1.807, 2.05) is 0 Å². The SMILES string of the molecule is c1ccc(-c2ccccc2N(c2ccccc2-c2ccc3c(c2)c2ccccc2n3-c2ccccc2)c2ccccc2-c2cccc3cccc(C4CCCCC4)c23)cc1. The van der Waals surface area contributed by atoms with Gasteiger partial charge in [0, 0.05) is 33.2 Å². The Bertz CT molecular complexity index is 3130. The van der Waals surface area contributed by atoms with E-state index >= 15 is 0 Å². The Kier molecular flexibility index (Phi) is 9.32. The van der Waals surface area contributed by atoms with Crippen LogP contribution in [0.2, 0.25) is 0 Å². The Morgan fingerprint density at radius 3 is 1.67 bits per heavy atom. The highest BCUT2D eigenvalue weighted by Gasteiger charge is 2.26. The van der Waals surface area contributed by atoms with Crippen LogP contribution in [0.4, 0.5) is 17.1 Å². The highest BCUT2D eigenvalue weighted by Crippen LogP contribution is 2.50. The minimum absolute atomic E-state index is 0.578. The zero-order valence-electron chi connectivity index (χ0n) is 33.7. The molecule has 60 heavy (non-hydrogen) atoms. The number of anilines is 3. The maximum atomic E-state index is 2.53. The van der Waals surface area contributed by atoms with Crippen molar-refractivity contribution in [3.05, 3.63) is 218 Å². The third kappa shape index (κ3) is 6.28. The van der Waals surface area contributed by atoms with Crippen LogP contribution in [0.15, 0.2) is 212 Å². The van der Waals surface area contributed by atoms with E-state index in [-0.39, 0.29) is 0 Å². The van der Waals surface area contributed by atoms with Crippen LogP contribution < -0.4 is 4.90 Å². The minimum Gasteiger partial charge on any atom is -0.309 e. The summed E-state index contributed by atoms with van der Waals surface area (Å²) in [6, 6.07) is 78.3. The summed E-state index contributed by atoms with van der Waals surface area (Å²) in [5.41, 5.74) is 15.7. The molecular weight excluding hydrogens is 725 g/mol. The molecule has 2 heteroatoms. The fourth-order valence-electron chi connectivity index (χ4n) is 10.1. The van der Waals surface area contributed by atoms with E-state index in [9.17, 15) is 0 Å². The van der Waals surface area contributed by atoms with Gasteiger partial charge in [-0.1, -0.05) is 183 Å². The molecule has 0 atom stereocenters. The van der Waals surface area contributed by atoms with Gasteiger partial charge >= 0.3 is 0 Å². The first-order valence-electron chi connectivity index (χ1n) is 21.6. The van der Waals surface area contributed by atoms with E-state index in [0.29, 0.717) is 5.92 Å². The van der Waals surface area contributed by atoms with E-state index in [1.165, 1.54) is 104 Å². The zero-order chi connectivity index (χ0) is 39.8. The zero-order valence-corrected chi connectivity index (χ0v) is 33.7. The third-order valence-electron chi connectivity index (χ3n) is 12.8. The molecule has 1 fully saturated rings. The quantitative estimate of drug-likeness (QED) is 0.149. The lowest BCUT2D eigenvalue weighted by molar-refractivity contribution is 0.445. The topological polar surface area (TPSA) is 8.17 Å². The van der Waals surface area contributed by atoms with Crippen LogP contribution in [-0.2, 0) is 0 Å². The van der Waals surface area contributed by atoms with Crippen LogP contribution in [0.5, 0.6) is 0 Å². The number of hydrogen-bond donors (Lipinski definition) is 0. The second-order valence-electron chi connectivity index (χ2n) is 16.3. The number of aromatic nitrogens is 1. The predicted octanol–water partition coefficient (Wildman–Crippen LogP) is 16.5. The van der Waals surface area contributed by atoms with Gasteiger partial charge in [-0.2, -0.15) is 0 Å². The van der Waals surface area contributed by atoms with Gasteiger partial charge < -0.3 is 9.47 Å². The summed E-state index contributed by atoms with van der Waals surface area (Å²) in [4.78, 5) is 2.53. The highest BCUT2D eigenvalue weighted by atomic mass is 15.1. The predicted molar refractivity (Wildman–Crippen MR) is 255 cm³/mol. The Morgan fingerprint density at radius 2 is 0.933 bits per heavy atom. The van der Waals surface area contributed by atoms with Gasteiger partial charge in [0.25, 0.3) is 0 Å². The smallest absolute Gasteiger partial charge is 0.0541 e. The van der Waals surface area contributed by atoms with Crippen molar-refractivity contribution in [1.82, 2.24) is 4.57 Å². The molecule has 0 aliphatic heterocycles. The molecule has 0 amide bonds. The molecule has 2 nitrogen and oxygen atoms in total. The lowest BCUT2D eigenvalue weighted by Crippen LogP contribution is -2.13. The molecule has 0 radical (unpaired) electrons. The van der Waals surface area contributed by atoms with Crippen LogP contribution in [0, 0.1) is 0 Å². The number of nitrogens with zero attached hydrogens (tertiary/aromatic N) is 2. The molecule has 1 heterocycles. The highest BCUT2D eigenvalue weighted by molar-refractivity contribution is 6.11. The average molecular weight is 771 g/mol. The molecule has 0 saturated heterocycles. The van der Waals surface area contributed by atoms with E-state index in [0.717, 1.165) is 22.7 Å². The van der Waals surface area contributed by atoms with Crippen LogP contribution in [0.1, 0.15) is 43.6 Å². The Morgan fingerprint density at radius 1 is 0.383 bits per heavy atom. The van der Waals surface area contributed by atoms with Gasteiger partial charge in [0.15, 0.2) is 0 Å². The molecule has 0 spiro atoms. The standard InChI is InChI=1S/C58H46N2/c1-4-20-41(21-5-1)46-28-10-14-34-53(46)60(56-37-17-12-30-49(56)51-33-19-25-43-24-18-32-48(58(43)51)42-22-6-2-7-23-42)54-35-15-11-29-47(54)44-38-39-57-52(40-44)50-31-13-16-36-55(50)59(57)45-26-8-3-9-27-45/h1,3-5,8-21,24-40,42H,2,6-7,22-23H2. The number of benzene rings is 9. The van der Waals surface area contributed by atoms with Gasteiger partial charge in [-0.3, -0.25) is 0 Å². The van der Waals surface area contributed by atoms with Crippen LogP contribution in [0.25, 0.3) is 71.6 Å². The van der Waals surface area contributed by atoms with Crippen molar-refractivity contribution in [2.75, 3.05) is 4.90 Å². The molecular formula is C58H46N2. The third-order valence-corrected chi connectivity index (χ3v) is 12.8. The van der Waals surface area contributed by atoms with E-state index in [4.69, 9.17) is 0 Å². The summed E-state index contributed by atoms with van der Waals surface area (Å²) in [5.74, 6) is 0.578. The number of rotatable bonds is 8. The molecule has 11 rings (SSSR count).